The summed E-state index contributed by atoms with van der Waals surface area (Å²) in [6.45, 7) is 11.5. The molecule has 0 aliphatic heterocycles. The molecule has 0 amide bonds. The summed E-state index contributed by atoms with van der Waals surface area (Å²) < 4.78 is 6.07. The quantitative estimate of drug-likeness (QED) is 0.741. The van der Waals surface area contributed by atoms with Crippen molar-refractivity contribution in [2.24, 2.45) is 11.7 Å². The Labute approximate surface area is 128 Å². The fourth-order valence-electron chi connectivity index (χ4n) is 2.22. The summed E-state index contributed by atoms with van der Waals surface area (Å²) in [5.74, 6) is 1.79. The van der Waals surface area contributed by atoms with Crippen LogP contribution in [-0.4, -0.2) is 6.61 Å². The Morgan fingerprint density at radius 1 is 1.15 bits per heavy atom. The Morgan fingerprint density at radius 3 is 2.25 bits per heavy atom. The third kappa shape index (κ3) is 4.68. The van der Waals surface area contributed by atoms with Crippen molar-refractivity contribution < 1.29 is 4.74 Å². The van der Waals surface area contributed by atoms with Crippen LogP contribution in [0.2, 0.25) is 5.02 Å². The van der Waals surface area contributed by atoms with E-state index in [4.69, 9.17) is 22.1 Å². The summed E-state index contributed by atoms with van der Waals surface area (Å²) in [6.07, 6.45) is 1.99. The molecule has 0 spiro atoms. The van der Waals surface area contributed by atoms with Gasteiger partial charge in [-0.05, 0) is 36.0 Å². The molecular weight excluding hydrogens is 270 g/mol. The smallest absolute Gasteiger partial charge is 0.127 e. The zero-order valence-corrected chi connectivity index (χ0v) is 14.1. The number of rotatable bonds is 7. The highest BCUT2D eigenvalue weighted by Gasteiger charge is 2.19. The van der Waals surface area contributed by atoms with E-state index < -0.39 is 0 Å². The number of hydrogen-bond acceptors (Lipinski definition) is 2. The van der Waals surface area contributed by atoms with Crippen LogP contribution in [0.5, 0.6) is 5.75 Å². The van der Waals surface area contributed by atoms with Crippen molar-refractivity contribution >= 4 is 11.6 Å². The van der Waals surface area contributed by atoms with Crippen LogP contribution in [0.4, 0.5) is 0 Å². The van der Waals surface area contributed by atoms with Crippen molar-refractivity contribution in [3.8, 4) is 5.75 Å². The number of benzene rings is 1. The minimum atomic E-state index is -0.0154. The Bertz CT molecular complexity index is 429. The van der Waals surface area contributed by atoms with E-state index in [9.17, 15) is 0 Å². The molecule has 2 nitrogen and oxygen atoms in total. The Hall–Kier alpha value is -0.730. The van der Waals surface area contributed by atoms with Crippen LogP contribution in [0.25, 0.3) is 0 Å². The van der Waals surface area contributed by atoms with Gasteiger partial charge in [-0.1, -0.05) is 52.6 Å². The summed E-state index contributed by atoms with van der Waals surface area (Å²) in [5, 5.41) is 0.743. The molecule has 1 rings (SSSR count). The van der Waals surface area contributed by atoms with Crippen molar-refractivity contribution in [2.75, 3.05) is 6.61 Å². The van der Waals surface area contributed by atoms with E-state index in [2.05, 4.69) is 34.6 Å². The molecule has 0 heterocycles. The lowest BCUT2D eigenvalue weighted by atomic mass is 9.94. The summed E-state index contributed by atoms with van der Waals surface area (Å²) in [5.41, 5.74) is 8.51. The van der Waals surface area contributed by atoms with E-state index in [1.807, 2.05) is 12.1 Å². The average Bonchev–Trinajstić information content (AvgIpc) is 2.36. The summed E-state index contributed by atoms with van der Waals surface area (Å²) in [6, 6.07) is 3.95. The van der Waals surface area contributed by atoms with Crippen molar-refractivity contribution in [3.63, 3.8) is 0 Å². The molecule has 0 fully saturated rings. The summed E-state index contributed by atoms with van der Waals surface area (Å²) >= 11 is 6.26. The Kier molecular flexibility index (Phi) is 6.84. The molecule has 0 aliphatic rings. The van der Waals surface area contributed by atoms with Crippen LogP contribution in [0, 0.1) is 5.92 Å². The fourth-order valence-corrected chi connectivity index (χ4v) is 2.46. The van der Waals surface area contributed by atoms with E-state index in [0.717, 1.165) is 34.7 Å². The maximum absolute atomic E-state index is 6.31. The molecule has 114 valence electrons. The van der Waals surface area contributed by atoms with Gasteiger partial charge in [0, 0.05) is 16.6 Å². The predicted octanol–water partition coefficient (Wildman–Crippen LogP) is 5.30. The fraction of sp³-hybridized carbons (Fsp3) is 0.647. The third-order valence-electron chi connectivity index (χ3n) is 3.29. The lowest BCUT2D eigenvalue weighted by Gasteiger charge is -2.23. The first-order chi connectivity index (χ1) is 9.36. The maximum atomic E-state index is 6.31. The van der Waals surface area contributed by atoms with Crippen LogP contribution < -0.4 is 10.5 Å². The van der Waals surface area contributed by atoms with E-state index in [0.29, 0.717) is 18.4 Å². The first kappa shape index (κ1) is 17.3. The number of halogens is 1. The minimum Gasteiger partial charge on any atom is -0.493 e. The summed E-state index contributed by atoms with van der Waals surface area (Å²) in [4.78, 5) is 0. The van der Waals surface area contributed by atoms with Gasteiger partial charge in [0.25, 0.3) is 0 Å². The van der Waals surface area contributed by atoms with E-state index >= 15 is 0 Å². The molecule has 0 saturated carbocycles. The first-order valence-electron chi connectivity index (χ1n) is 7.58. The molecule has 0 aromatic heterocycles. The number of ether oxygens (including phenoxy) is 1. The van der Waals surface area contributed by atoms with Gasteiger partial charge in [0.15, 0.2) is 0 Å². The molecule has 20 heavy (non-hydrogen) atoms. The van der Waals surface area contributed by atoms with Crippen molar-refractivity contribution in [1.29, 1.82) is 0 Å². The van der Waals surface area contributed by atoms with Gasteiger partial charge in [0.1, 0.15) is 5.75 Å². The highest BCUT2D eigenvalue weighted by Crippen LogP contribution is 2.37. The van der Waals surface area contributed by atoms with Crippen LogP contribution in [-0.2, 0) is 0 Å². The zero-order chi connectivity index (χ0) is 15.3. The molecule has 1 unspecified atom stereocenters. The Balaban J connectivity index is 3.23. The second-order valence-corrected chi connectivity index (χ2v) is 6.60. The molecule has 0 bridgehead atoms. The topological polar surface area (TPSA) is 35.2 Å². The summed E-state index contributed by atoms with van der Waals surface area (Å²) in [7, 11) is 0. The largest absolute Gasteiger partial charge is 0.493 e. The van der Waals surface area contributed by atoms with Gasteiger partial charge < -0.3 is 10.5 Å². The molecular formula is C17H28ClNO. The molecule has 0 aliphatic carbocycles. The highest BCUT2D eigenvalue weighted by atomic mass is 35.5. The van der Waals surface area contributed by atoms with Gasteiger partial charge in [-0.15, -0.1) is 0 Å². The van der Waals surface area contributed by atoms with Gasteiger partial charge in [0.2, 0.25) is 0 Å². The maximum Gasteiger partial charge on any atom is 0.127 e. The van der Waals surface area contributed by atoms with Crippen LogP contribution in [0.1, 0.15) is 70.5 Å². The van der Waals surface area contributed by atoms with E-state index in [1.54, 1.807) is 0 Å². The van der Waals surface area contributed by atoms with Crippen LogP contribution >= 0.6 is 11.6 Å². The lowest BCUT2D eigenvalue weighted by Crippen LogP contribution is -2.15. The molecule has 1 atom stereocenters. The lowest BCUT2D eigenvalue weighted by molar-refractivity contribution is 0.263. The highest BCUT2D eigenvalue weighted by molar-refractivity contribution is 6.30. The number of hydrogen-bond donors (Lipinski definition) is 1. The average molecular weight is 298 g/mol. The normalized spacial score (nSPS) is 13.1. The van der Waals surface area contributed by atoms with E-state index in [-0.39, 0.29) is 6.04 Å². The van der Waals surface area contributed by atoms with Crippen molar-refractivity contribution in [2.45, 2.75) is 59.4 Å². The van der Waals surface area contributed by atoms with Gasteiger partial charge >= 0.3 is 0 Å². The van der Waals surface area contributed by atoms with Crippen LogP contribution in [0.3, 0.4) is 0 Å². The van der Waals surface area contributed by atoms with Crippen molar-refractivity contribution in [3.05, 3.63) is 28.3 Å². The third-order valence-corrected chi connectivity index (χ3v) is 3.51. The molecule has 0 radical (unpaired) electrons. The van der Waals surface area contributed by atoms with Gasteiger partial charge in [0.05, 0.1) is 6.61 Å². The minimum absolute atomic E-state index is 0.0154. The standard InChI is InChI=1S/C17H28ClNO/c1-6-7-16(19)15-9-13(18)8-14(12(4)5)17(15)20-10-11(2)3/h8-9,11-12,16H,6-7,10,19H2,1-5H3. The second kappa shape index (κ2) is 7.90. The number of nitrogens with two attached hydrogens (primary N) is 1. The van der Waals surface area contributed by atoms with Crippen LogP contribution in [0.15, 0.2) is 12.1 Å². The van der Waals surface area contributed by atoms with Gasteiger partial charge in [-0.2, -0.15) is 0 Å². The SMILES string of the molecule is CCCC(N)c1cc(Cl)cc(C(C)C)c1OCC(C)C. The predicted molar refractivity (Wildman–Crippen MR) is 87.7 cm³/mol. The van der Waals surface area contributed by atoms with E-state index in [1.165, 1.54) is 0 Å². The molecule has 0 saturated heterocycles. The van der Waals surface area contributed by atoms with Gasteiger partial charge in [-0.3, -0.25) is 0 Å². The zero-order valence-electron chi connectivity index (χ0n) is 13.4. The molecule has 3 heteroatoms. The molecule has 2 N–H and O–H groups in total. The monoisotopic (exact) mass is 297 g/mol. The van der Waals surface area contributed by atoms with Gasteiger partial charge in [-0.25, -0.2) is 0 Å². The van der Waals surface area contributed by atoms with Crippen molar-refractivity contribution in [1.82, 2.24) is 0 Å². The Morgan fingerprint density at radius 2 is 1.75 bits per heavy atom. The first-order valence-corrected chi connectivity index (χ1v) is 7.96. The molecule has 1 aromatic rings. The second-order valence-electron chi connectivity index (χ2n) is 6.17. The molecule has 1 aromatic carbocycles.